The molecule has 1 aliphatic carbocycles. The maximum Gasteiger partial charge on any atom is 0.306 e. The number of benzene rings is 1. The van der Waals surface area contributed by atoms with Gasteiger partial charge in [-0.3, -0.25) is 9.59 Å². The van der Waals surface area contributed by atoms with E-state index in [1.807, 2.05) is 0 Å². The Kier molecular flexibility index (Phi) is 4.30. The summed E-state index contributed by atoms with van der Waals surface area (Å²) < 4.78 is 32.4. The minimum Gasteiger partial charge on any atom is -0.481 e. The van der Waals surface area contributed by atoms with Crippen molar-refractivity contribution < 1.29 is 28.2 Å². The van der Waals surface area contributed by atoms with Crippen molar-refractivity contribution in [3.05, 3.63) is 35.4 Å². The third-order valence-electron chi connectivity index (χ3n) is 4.32. The van der Waals surface area contributed by atoms with E-state index >= 15 is 0 Å². The second-order valence-electron chi connectivity index (χ2n) is 5.99. The predicted molar refractivity (Wildman–Crippen MR) is 75.8 cm³/mol. The number of carbonyl (C=O) groups is 2. The lowest BCUT2D eigenvalue weighted by Crippen LogP contribution is -2.47. The molecular weight excluding hydrogens is 308 g/mol. The lowest BCUT2D eigenvalue weighted by Gasteiger charge is -2.32. The molecule has 7 heteroatoms. The average molecular weight is 325 g/mol. The number of nitrogens with zero attached hydrogens (tertiary/aromatic N) is 1. The first kappa shape index (κ1) is 15.9. The second kappa shape index (κ2) is 6.23. The zero-order valence-corrected chi connectivity index (χ0v) is 12.4. The number of hydrogen-bond acceptors (Lipinski definition) is 3. The van der Waals surface area contributed by atoms with Crippen molar-refractivity contribution in [2.24, 2.45) is 5.92 Å². The fraction of sp³-hybridized carbons (Fsp3) is 0.500. The molecule has 1 aliphatic heterocycles. The molecule has 1 heterocycles. The van der Waals surface area contributed by atoms with Crippen molar-refractivity contribution in [2.75, 3.05) is 19.7 Å². The number of carboxylic acids is 1. The molecule has 3 unspecified atom stereocenters. The van der Waals surface area contributed by atoms with E-state index in [2.05, 4.69) is 0 Å². The standard InChI is InChI=1S/C16H17F2NO4/c17-9-1-2-14(18)12(5-9)11-7-13(11)16(22)19-3-4-23-10(8-19)6-15(20)21/h1-2,5,10-11,13H,3-4,6-8H2,(H,20,21). The minimum absolute atomic E-state index is 0.141. The predicted octanol–water partition coefficient (Wildman–Crippen LogP) is 1.77. The van der Waals surface area contributed by atoms with Gasteiger partial charge in [0, 0.05) is 19.0 Å². The monoisotopic (exact) mass is 325 g/mol. The molecule has 0 aromatic heterocycles. The number of halogens is 2. The SMILES string of the molecule is O=C(O)CC1CN(C(=O)C2CC2c2cc(F)ccc2F)CCO1. The van der Waals surface area contributed by atoms with Crippen molar-refractivity contribution in [3.63, 3.8) is 0 Å². The topological polar surface area (TPSA) is 66.8 Å². The van der Waals surface area contributed by atoms with Crippen LogP contribution in [-0.2, 0) is 14.3 Å². The Hall–Kier alpha value is -2.02. The molecule has 124 valence electrons. The number of ether oxygens (including phenoxy) is 1. The van der Waals surface area contributed by atoms with Crippen LogP contribution in [0.1, 0.15) is 24.3 Å². The van der Waals surface area contributed by atoms with E-state index in [1.54, 1.807) is 4.90 Å². The summed E-state index contributed by atoms with van der Waals surface area (Å²) in [6, 6.07) is 3.26. The summed E-state index contributed by atoms with van der Waals surface area (Å²) in [4.78, 5) is 24.8. The molecular formula is C16H17F2NO4. The summed E-state index contributed by atoms with van der Waals surface area (Å²) >= 11 is 0. The molecule has 1 saturated heterocycles. The first-order valence-corrected chi connectivity index (χ1v) is 7.53. The molecule has 1 amide bonds. The van der Waals surface area contributed by atoms with Crippen LogP contribution >= 0.6 is 0 Å². The van der Waals surface area contributed by atoms with Crippen molar-refractivity contribution >= 4 is 11.9 Å². The second-order valence-corrected chi connectivity index (χ2v) is 5.99. The molecule has 0 radical (unpaired) electrons. The Labute approximate surface area is 131 Å². The lowest BCUT2D eigenvalue weighted by atomic mass is 10.1. The van der Waals surface area contributed by atoms with Gasteiger partial charge < -0.3 is 14.7 Å². The third kappa shape index (κ3) is 3.50. The number of hydrogen-bond donors (Lipinski definition) is 1. The molecule has 1 aromatic rings. The van der Waals surface area contributed by atoms with Gasteiger partial charge in [0.05, 0.1) is 19.1 Å². The van der Waals surface area contributed by atoms with Crippen molar-refractivity contribution in [1.82, 2.24) is 4.90 Å². The lowest BCUT2D eigenvalue weighted by molar-refractivity contribution is -0.148. The molecule has 1 saturated carbocycles. The van der Waals surface area contributed by atoms with Crippen LogP contribution in [0.15, 0.2) is 18.2 Å². The van der Waals surface area contributed by atoms with Crippen LogP contribution in [-0.4, -0.2) is 47.7 Å². The Morgan fingerprint density at radius 1 is 1.35 bits per heavy atom. The van der Waals surface area contributed by atoms with Gasteiger partial charge in [0.15, 0.2) is 0 Å². The van der Waals surface area contributed by atoms with Crippen molar-refractivity contribution in [3.8, 4) is 0 Å². The Bertz CT molecular complexity index is 637. The summed E-state index contributed by atoms with van der Waals surface area (Å²) in [5.41, 5.74) is 0.235. The molecule has 1 aromatic carbocycles. The number of carbonyl (C=O) groups excluding carboxylic acids is 1. The fourth-order valence-electron chi connectivity index (χ4n) is 3.08. The highest BCUT2D eigenvalue weighted by Crippen LogP contribution is 2.49. The van der Waals surface area contributed by atoms with Crippen LogP contribution < -0.4 is 0 Å². The zero-order chi connectivity index (χ0) is 16.6. The largest absolute Gasteiger partial charge is 0.481 e. The van der Waals surface area contributed by atoms with Crippen molar-refractivity contribution in [2.45, 2.75) is 24.9 Å². The Morgan fingerprint density at radius 3 is 2.87 bits per heavy atom. The number of rotatable bonds is 4. The van der Waals surface area contributed by atoms with Gasteiger partial charge in [-0.25, -0.2) is 8.78 Å². The molecule has 3 rings (SSSR count). The van der Waals surface area contributed by atoms with E-state index < -0.39 is 23.7 Å². The normalized spacial score (nSPS) is 26.9. The maximum atomic E-state index is 13.8. The summed E-state index contributed by atoms with van der Waals surface area (Å²) in [5, 5.41) is 8.80. The molecule has 5 nitrogen and oxygen atoms in total. The van der Waals surface area contributed by atoms with Gasteiger partial charge in [-0.2, -0.15) is 0 Å². The highest BCUT2D eigenvalue weighted by Gasteiger charge is 2.47. The van der Waals surface area contributed by atoms with E-state index in [9.17, 15) is 18.4 Å². The van der Waals surface area contributed by atoms with Crippen LogP contribution in [0.2, 0.25) is 0 Å². The minimum atomic E-state index is -0.976. The molecule has 0 spiro atoms. The first-order valence-electron chi connectivity index (χ1n) is 7.53. The first-order chi connectivity index (χ1) is 11.0. The van der Waals surface area contributed by atoms with E-state index in [1.165, 1.54) is 0 Å². The number of amides is 1. The number of carboxylic acid groups (broad SMARTS) is 1. The van der Waals surface area contributed by atoms with Gasteiger partial charge in [0.1, 0.15) is 11.6 Å². The van der Waals surface area contributed by atoms with Crippen LogP contribution in [0.4, 0.5) is 8.78 Å². The van der Waals surface area contributed by atoms with Crippen LogP contribution in [0, 0.1) is 17.6 Å². The van der Waals surface area contributed by atoms with Gasteiger partial charge in [0.2, 0.25) is 5.91 Å². The summed E-state index contributed by atoms with van der Waals surface area (Å²) in [7, 11) is 0. The Balaban J connectivity index is 1.63. The average Bonchev–Trinajstić information content (AvgIpc) is 3.29. The Morgan fingerprint density at radius 2 is 2.13 bits per heavy atom. The summed E-state index contributed by atoms with van der Waals surface area (Å²) in [6.07, 6.45) is -0.190. The molecule has 2 fully saturated rings. The van der Waals surface area contributed by atoms with E-state index in [4.69, 9.17) is 9.84 Å². The molecule has 0 bridgehead atoms. The fourth-order valence-corrected chi connectivity index (χ4v) is 3.08. The van der Waals surface area contributed by atoms with Gasteiger partial charge >= 0.3 is 5.97 Å². The summed E-state index contributed by atoms with van der Waals surface area (Å²) in [6.45, 7) is 0.902. The van der Waals surface area contributed by atoms with E-state index in [0.717, 1.165) is 18.2 Å². The van der Waals surface area contributed by atoms with Crippen LogP contribution in [0.25, 0.3) is 0 Å². The van der Waals surface area contributed by atoms with Gasteiger partial charge in [-0.1, -0.05) is 0 Å². The molecule has 1 N–H and O–H groups in total. The molecule has 3 atom stereocenters. The smallest absolute Gasteiger partial charge is 0.306 e. The maximum absolute atomic E-state index is 13.8. The highest BCUT2D eigenvalue weighted by atomic mass is 19.1. The molecule has 23 heavy (non-hydrogen) atoms. The van der Waals surface area contributed by atoms with Gasteiger partial charge in [-0.15, -0.1) is 0 Å². The van der Waals surface area contributed by atoms with Crippen LogP contribution in [0.3, 0.4) is 0 Å². The van der Waals surface area contributed by atoms with Crippen molar-refractivity contribution in [1.29, 1.82) is 0 Å². The quantitative estimate of drug-likeness (QED) is 0.916. The zero-order valence-electron chi connectivity index (χ0n) is 12.4. The van der Waals surface area contributed by atoms with E-state index in [0.29, 0.717) is 13.0 Å². The van der Waals surface area contributed by atoms with Gasteiger partial charge in [-0.05, 0) is 36.1 Å². The van der Waals surface area contributed by atoms with Gasteiger partial charge in [0.25, 0.3) is 0 Å². The summed E-state index contributed by atoms with van der Waals surface area (Å²) in [5.74, 6) is -2.81. The van der Waals surface area contributed by atoms with Crippen LogP contribution in [0.5, 0.6) is 0 Å². The van der Waals surface area contributed by atoms with E-state index in [-0.39, 0.29) is 42.9 Å². The number of morpholine rings is 1. The molecule has 2 aliphatic rings. The number of aliphatic carboxylic acids is 1. The third-order valence-corrected chi connectivity index (χ3v) is 4.32. The highest BCUT2D eigenvalue weighted by molar-refractivity contribution is 5.83.